The molecule has 2 aliphatic rings. The second-order valence-electron chi connectivity index (χ2n) is 11.9. The number of unbranched alkanes of at least 4 members (excludes halogenated alkanes) is 2. The topological polar surface area (TPSA) is 90.0 Å². The smallest absolute Gasteiger partial charge is 0.405 e. The van der Waals surface area contributed by atoms with Gasteiger partial charge in [-0.25, -0.2) is 19.8 Å². The average molecular weight is 587 g/mol. The van der Waals surface area contributed by atoms with Crippen molar-refractivity contribution in [1.82, 2.24) is 26.4 Å². The van der Waals surface area contributed by atoms with Crippen LogP contribution in [-0.4, -0.2) is 67.5 Å². The standard InChI is InChI=1S/C29H46F4N6O2/c1-7-8-9-13-28(4)14-12-20(19-10-11-23(41-6)22(30)15-19)16-24(37-28)35-27(34-18(2)3)36-26(40)21-17-39(5)38-25(21)29(31,32)33/h10-11,15,18,20-21,24-25,37-38H,7-9,12-14,16-17H2,1-6H3,(H2,34,35,36,40). The third-order valence-corrected chi connectivity index (χ3v) is 7.92. The Hall–Kier alpha value is -2.44. The van der Waals surface area contributed by atoms with E-state index in [-0.39, 0.29) is 35.8 Å². The lowest BCUT2D eigenvalue weighted by molar-refractivity contribution is -0.168. The van der Waals surface area contributed by atoms with Crippen LogP contribution in [0.5, 0.6) is 5.75 Å². The first kappa shape index (κ1) is 33.1. The molecule has 0 aromatic heterocycles. The van der Waals surface area contributed by atoms with E-state index in [4.69, 9.17) is 9.73 Å². The minimum atomic E-state index is -4.58. The van der Waals surface area contributed by atoms with Crippen molar-refractivity contribution >= 4 is 11.9 Å². The lowest BCUT2D eigenvalue weighted by atomic mass is 9.85. The third-order valence-electron chi connectivity index (χ3n) is 7.92. The lowest BCUT2D eigenvalue weighted by Gasteiger charge is -2.32. The Balaban J connectivity index is 1.91. The fourth-order valence-corrected chi connectivity index (χ4v) is 5.76. The number of guanidine groups is 1. The maximum atomic E-state index is 14.6. The van der Waals surface area contributed by atoms with Gasteiger partial charge in [0.25, 0.3) is 0 Å². The van der Waals surface area contributed by atoms with Crippen LogP contribution in [0.4, 0.5) is 17.6 Å². The van der Waals surface area contributed by atoms with Crippen LogP contribution in [0.15, 0.2) is 23.2 Å². The Labute approximate surface area is 241 Å². The van der Waals surface area contributed by atoms with Crippen LogP contribution in [0.2, 0.25) is 0 Å². The van der Waals surface area contributed by atoms with Gasteiger partial charge >= 0.3 is 6.18 Å². The van der Waals surface area contributed by atoms with Crippen molar-refractivity contribution < 1.29 is 27.1 Å². The molecule has 0 radical (unpaired) electrons. The van der Waals surface area contributed by atoms with Gasteiger partial charge in [0.05, 0.1) is 13.0 Å². The first-order chi connectivity index (χ1) is 19.2. The Morgan fingerprint density at radius 3 is 2.63 bits per heavy atom. The lowest BCUT2D eigenvalue weighted by Crippen LogP contribution is -2.53. The number of benzene rings is 1. The Kier molecular flexibility index (Phi) is 11.4. The molecule has 2 saturated heterocycles. The van der Waals surface area contributed by atoms with E-state index in [1.807, 2.05) is 19.9 Å². The molecule has 5 unspecified atom stereocenters. The first-order valence-corrected chi connectivity index (χ1v) is 14.5. The maximum Gasteiger partial charge on any atom is 0.405 e. The fourth-order valence-electron chi connectivity index (χ4n) is 5.76. The van der Waals surface area contributed by atoms with Gasteiger partial charge in [-0.15, -0.1) is 0 Å². The van der Waals surface area contributed by atoms with E-state index >= 15 is 0 Å². The Bertz CT molecular complexity index is 1050. The first-order valence-electron chi connectivity index (χ1n) is 14.5. The summed E-state index contributed by atoms with van der Waals surface area (Å²) in [5.41, 5.74) is 2.91. The average Bonchev–Trinajstić information content (AvgIpc) is 3.21. The molecule has 232 valence electrons. The number of hydrogen-bond donors (Lipinski definition) is 4. The van der Waals surface area contributed by atoms with Crippen molar-refractivity contribution in [1.29, 1.82) is 0 Å². The molecule has 1 aromatic carbocycles. The predicted octanol–water partition coefficient (Wildman–Crippen LogP) is 4.82. The molecule has 4 N–H and O–H groups in total. The number of amides is 1. The highest BCUT2D eigenvalue weighted by Crippen LogP contribution is 2.37. The van der Waals surface area contributed by atoms with E-state index in [9.17, 15) is 22.4 Å². The molecular weight excluding hydrogens is 540 g/mol. The largest absolute Gasteiger partial charge is 0.494 e. The summed E-state index contributed by atoms with van der Waals surface area (Å²) in [5.74, 6) is -2.26. The number of hydrazine groups is 1. The molecule has 1 amide bonds. The number of nitrogens with zero attached hydrogens (tertiary/aromatic N) is 2. The zero-order valence-electron chi connectivity index (χ0n) is 25.0. The van der Waals surface area contributed by atoms with Gasteiger partial charge in [-0.2, -0.15) is 13.2 Å². The van der Waals surface area contributed by atoms with Crippen LogP contribution >= 0.6 is 0 Å². The van der Waals surface area contributed by atoms with Gasteiger partial charge in [-0.1, -0.05) is 32.3 Å². The molecule has 0 spiro atoms. The highest BCUT2D eigenvalue weighted by atomic mass is 19.4. The van der Waals surface area contributed by atoms with E-state index in [0.29, 0.717) is 6.42 Å². The highest BCUT2D eigenvalue weighted by molar-refractivity contribution is 5.98. The molecule has 5 atom stereocenters. The second kappa shape index (κ2) is 14.2. The molecule has 12 heteroatoms. The summed E-state index contributed by atoms with van der Waals surface area (Å²) in [6, 6.07) is 2.87. The summed E-state index contributed by atoms with van der Waals surface area (Å²) in [6.45, 7) is 7.95. The molecule has 0 aliphatic carbocycles. The van der Waals surface area contributed by atoms with E-state index in [2.05, 4.69) is 35.2 Å². The molecule has 0 bridgehead atoms. The summed E-state index contributed by atoms with van der Waals surface area (Å²) < 4.78 is 60.7. The van der Waals surface area contributed by atoms with Gasteiger partial charge < -0.3 is 10.1 Å². The van der Waals surface area contributed by atoms with Crippen molar-refractivity contribution in [3.8, 4) is 5.75 Å². The van der Waals surface area contributed by atoms with Crippen molar-refractivity contribution in [2.75, 3.05) is 20.7 Å². The fraction of sp³-hybridized carbons (Fsp3) is 0.724. The second-order valence-corrected chi connectivity index (χ2v) is 11.9. The van der Waals surface area contributed by atoms with Gasteiger partial charge in [-0.05, 0) is 70.1 Å². The molecule has 41 heavy (non-hydrogen) atoms. The molecule has 3 rings (SSSR count). The van der Waals surface area contributed by atoms with Gasteiger partial charge in [-0.3, -0.25) is 15.4 Å². The van der Waals surface area contributed by atoms with Crippen LogP contribution in [0.3, 0.4) is 0 Å². The maximum absolute atomic E-state index is 14.6. The van der Waals surface area contributed by atoms with Crippen molar-refractivity contribution in [3.63, 3.8) is 0 Å². The number of aliphatic imine (C=N–C) groups is 1. The zero-order chi connectivity index (χ0) is 30.4. The minimum Gasteiger partial charge on any atom is -0.494 e. The highest BCUT2D eigenvalue weighted by Gasteiger charge is 2.52. The van der Waals surface area contributed by atoms with Crippen LogP contribution in [0.25, 0.3) is 0 Å². The van der Waals surface area contributed by atoms with Gasteiger partial charge in [0, 0.05) is 25.2 Å². The number of carbonyl (C=O) groups is 1. The SMILES string of the molecule is CCCCCC1(C)CCC(c2ccc(OC)c(F)c2)CC(N=C(NC(=O)C2CN(C)NC2C(F)(F)F)NC(C)C)N1. The summed E-state index contributed by atoms with van der Waals surface area (Å²) in [7, 11) is 2.90. The molecule has 2 aliphatic heterocycles. The normalized spacial score (nSPS) is 28.0. The number of hydrogen-bond acceptors (Lipinski definition) is 6. The summed E-state index contributed by atoms with van der Waals surface area (Å²) >= 11 is 0. The van der Waals surface area contributed by atoms with Crippen LogP contribution in [0, 0.1) is 11.7 Å². The Morgan fingerprint density at radius 2 is 2.02 bits per heavy atom. The van der Waals surface area contributed by atoms with E-state index < -0.39 is 36.0 Å². The Morgan fingerprint density at radius 1 is 1.29 bits per heavy atom. The molecular formula is C29H46F4N6O2. The van der Waals surface area contributed by atoms with Crippen molar-refractivity contribution in [3.05, 3.63) is 29.6 Å². The van der Waals surface area contributed by atoms with Gasteiger partial charge in [0.2, 0.25) is 5.91 Å². The summed E-state index contributed by atoms with van der Waals surface area (Å²) in [4.78, 5) is 18.0. The summed E-state index contributed by atoms with van der Waals surface area (Å²) in [5, 5.41) is 10.7. The minimum absolute atomic E-state index is 0.0250. The number of rotatable bonds is 9. The van der Waals surface area contributed by atoms with Crippen molar-refractivity contribution in [2.45, 2.75) is 109 Å². The molecule has 0 saturated carbocycles. The van der Waals surface area contributed by atoms with Crippen molar-refractivity contribution in [2.24, 2.45) is 10.9 Å². The quantitative estimate of drug-likeness (QED) is 0.144. The van der Waals surface area contributed by atoms with Crippen LogP contribution < -0.4 is 26.1 Å². The monoisotopic (exact) mass is 586 g/mol. The van der Waals surface area contributed by atoms with Gasteiger partial charge in [0.1, 0.15) is 12.2 Å². The predicted molar refractivity (Wildman–Crippen MR) is 152 cm³/mol. The number of nitrogens with one attached hydrogen (secondary N) is 4. The van der Waals surface area contributed by atoms with E-state index in [1.54, 1.807) is 6.07 Å². The number of alkyl halides is 3. The number of methoxy groups -OCH3 is 1. The number of carbonyl (C=O) groups excluding carboxylic acids is 1. The molecule has 1 aromatic rings. The van der Waals surface area contributed by atoms with E-state index in [0.717, 1.165) is 44.1 Å². The molecule has 8 nitrogen and oxygen atoms in total. The van der Waals surface area contributed by atoms with E-state index in [1.165, 1.54) is 25.2 Å². The molecule has 2 fully saturated rings. The molecule has 2 heterocycles. The van der Waals surface area contributed by atoms with Crippen LogP contribution in [0.1, 0.15) is 84.1 Å². The zero-order valence-corrected chi connectivity index (χ0v) is 25.0. The summed E-state index contributed by atoms with van der Waals surface area (Å²) in [6.07, 6.45) is 1.25. The van der Waals surface area contributed by atoms with Gasteiger partial charge in [0.15, 0.2) is 17.5 Å². The third kappa shape index (κ3) is 9.27. The van der Waals surface area contributed by atoms with Crippen LogP contribution in [-0.2, 0) is 4.79 Å². The number of halogens is 4. The number of ether oxygens (including phenoxy) is 1.